The maximum Gasteiger partial charge on any atom is 0.393 e. The summed E-state index contributed by atoms with van der Waals surface area (Å²) in [5, 5.41) is 2.07. The highest BCUT2D eigenvalue weighted by atomic mass is 79.9. The zero-order valence-corrected chi connectivity index (χ0v) is 11.8. The van der Waals surface area contributed by atoms with E-state index < -0.39 is 29.7 Å². The van der Waals surface area contributed by atoms with Crippen molar-refractivity contribution in [2.24, 2.45) is 0 Å². The number of pyridine rings is 1. The molecule has 19 heavy (non-hydrogen) atoms. The highest BCUT2D eigenvalue weighted by Gasteiger charge is 2.48. The maximum absolute atomic E-state index is 12.6. The van der Waals surface area contributed by atoms with Crippen molar-refractivity contribution in [3.63, 3.8) is 0 Å². The van der Waals surface area contributed by atoms with Crippen LogP contribution in [-0.4, -0.2) is 16.7 Å². The normalized spacial score (nSPS) is 22.3. The number of carbonyl (C=O) groups excluding carboxylic acids is 1. The predicted octanol–water partition coefficient (Wildman–Crippen LogP) is 2.63. The molecule has 0 aliphatic carbocycles. The van der Waals surface area contributed by atoms with E-state index >= 15 is 0 Å². The maximum atomic E-state index is 12.6. The Labute approximate surface area is 118 Å². The minimum absolute atomic E-state index is 0.00819. The average Bonchev–Trinajstić information content (AvgIpc) is 2.43. The van der Waals surface area contributed by atoms with Gasteiger partial charge in [-0.25, -0.2) is 0 Å². The Morgan fingerprint density at radius 1 is 1.47 bits per heavy atom. The van der Waals surface area contributed by atoms with Crippen molar-refractivity contribution in [1.29, 1.82) is 0 Å². The summed E-state index contributed by atoms with van der Waals surface area (Å²) in [5.74, 6) is -0.804. The van der Waals surface area contributed by atoms with Gasteiger partial charge in [0.05, 0.1) is 15.9 Å². The van der Waals surface area contributed by atoms with Crippen LogP contribution in [0.5, 0.6) is 0 Å². The van der Waals surface area contributed by atoms with Crippen LogP contribution in [0.4, 0.5) is 13.2 Å². The lowest BCUT2D eigenvalue weighted by molar-refractivity contribution is -0.155. The summed E-state index contributed by atoms with van der Waals surface area (Å²) in [6.07, 6.45) is -5.91. The lowest BCUT2D eigenvalue weighted by Crippen LogP contribution is -2.47. The van der Waals surface area contributed by atoms with Crippen LogP contribution in [0.25, 0.3) is 0 Å². The summed E-state index contributed by atoms with van der Waals surface area (Å²) in [4.78, 5) is 23.7. The molecular formula is C10H7BrClF3N2O2. The molecule has 1 atom stereocenters. The van der Waals surface area contributed by atoms with E-state index in [2.05, 4.69) is 21.2 Å². The largest absolute Gasteiger partial charge is 0.393 e. The molecule has 0 fully saturated rings. The zero-order valence-electron chi connectivity index (χ0n) is 9.44. The SMILES string of the molecule is CC1(CC(F)(F)F)NC(=O)c2c(Cl)cc(Br)c(=O)n21. The third kappa shape index (κ3) is 2.38. The van der Waals surface area contributed by atoms with Gasteiger partial charge in [0.1, 0.15) is 11.4 Å². The lowest BCUT2D eigenvalue weighted by atomic mass is 10.1. The highest BCUT2D eigenvalue weighted by molar-refractivity contribution is 9.10. The first-order chi connectivity index (χ1) is 8.55. The summed E-state index contributed by atoms with van der Waals surface area (Å²) in [6.45, 7) is 1.12. The molecule has 0 aromatic carbocycles. The smallest absolute Gasteiger partial charge is 0.327 e. The van der Waals surface area contributed by atoms with Crippen molar-refractivity contribution in [2.45, 2.75) is 25.2 Å². The molecule has 0 saturated carbocycles. The van der Waals surface area contributed by atoms with Crippen LogP contribution in [0, 0.1) is 0 Å². The van der Waals surface area contributed by atoms with Crippen LogP contribution >= 0.6 is 27.5 Å². The van der Waals surface area contributed by atoms with Crippen molar-refractivity contribution in [1.82, 2.24) is 9.88 Å². The van der Waals surface area contributed by atoms with Gasteiger partial charge >= 0.3 is 6.18 Å². The molecule has 1 unspecified atom stereocenters. The summed E-state index contributed by atoms with van der Waals surface area (Å²) in [5.41, 5.74) is -2.89. The van der Waals surface area contributed by atoms with E-state index in [9.17, 15) is 22.8 Å². The number of nitrogens with one attached hydrogen (secondary N) is 1. The second-order valence-electron chi connectivity index (χ2n) is 4.35. The van der Waals surface area contributed by atoms with Gasteiger partial charge in [0.25, 0.3) is 11.5 Å². The van der Waals surface area contributed by atoms with Crippen molar-refractivity contribution in [3.05, 3.63) is 31.6 Å². The van der Waals surface area contributed by atoms with Crippen LogP contribution in [0.3, 0.4) is 0 Å². The Kier molecular flexibility index (Phi) is 3.21. The number of aromatic nitrogens is 1. The van der Waals surface area contributed by atoms with E-state index in [1.165, 1.54) is 6.07 Å². The molecule has 0 radical (unpaired) electrons. The first-order valence-corrected chi connectivity index (χ1v) is 6.23. The van der Waals surface area contributed by atoms with Crippen LogP contribution < -0.4 is 10.9 Å². The summed E-state index contributed by atoms with van der Waals surface area (Å²) < 4.78 is 38.5. The number of alkyl halides is 3. The van der Waals surface area contributed by atoms with E-state index in [1.54, 1.807) is 0 Å². The average molecular weight is 360 g/mol. The molecule has 2 heterocycles. The molecule has 0 bridgehead atoms. The Morgan fingerprint density at radius 2 is 2.05 bits per heavy atom. The Hall–Kier alpha value is -1.02. The predicted molar refractivity (Wildman–Crippen MR) is 65.2 cm³/mol. The van der Waals surface area contributed by atoms with Crippen molar-refractivity contribution in [3.8, 4) is 0 Å². The van der Waals surface area contributed by atoms with E-state index in [0.717, 1.165) is 11.5 Å². The van der Waals surface area contributed by atoms with Gasteiger partial charge in [-0.05, 0) is 28.9 Å². The number of nitrogens with zero attached hydrogens (tertiary/aromatic N) is 1. The number of carbonyl (C=O) groups is 1. The van der Waals surface area contributed by atoms with Crippen molar-refractivity contribution in [2.75, 3.05) is 0 Å². The molecule has 1 aromatic rings. The Balaban J connectivity index is 2.71. The number of amides is 1. The van der Waals surface area contributed by atoms with Gasteiger partial charge < -0.3 is 5.32 Å². The molecule has 2 rings (SSSR count). The Morgan fingerprint density at radius 3 is 2.58 bits per heavy atom. The zero-order chi connectivity index (χ0) is 14.6. The first-order valence-electron chi connectivity index (χ1n) is 5.06. The van der Waals surface area contributed by atoms with Gasteiger partial charge in [0.2, 0.25) is 0 Å². The summed E-state index contributed by atoms with van der Waals surface area (Å²) in [6, 6.07) is 1.19. The standard InChI is InChI=1S/C10H7BrClF3N2O2/c1-9(3-10(13,14)15)16-7(18)6-5(12)2-4(11)8(19)17(6)9/h2H,3H2,1H3,(H,16,18). The summed E-state index contributed by atoms with van der Waals surface area (Å²) in [7, 11) is 0. The molecule has 0 spiro atoms. The molecule has 1 aliphatic rings. The van der Waals surface area contributed by atoms with Gasteiger partial charge in [0, 0.05) is 0 Å². The molecule has 4 nitrogen and oxygen atoms in total. The number of hydrogen-bond donors (Lipinski definition) is 1. The number of rotatable bonds is 1. The molecule has 1 aromatic heterocycles. The topological polar surface area (TPSA) is 51.1 Å². The quantitative estimate of drug-likeness (QED) is 0.838. The third-order valence-corrected chi connectivity index (χ3v) is 3.60. The number of halogens is 5. The van der Waals surface area contributed by atoms with Crippen LogP contribution in [-0.2, 0) is 5.66 Å². The third-order valence-electron chi connectivity index (χ3n) is 2.75. The van der Waals surface area contributed by atoms with Crippen LogP contribution in [0.15, 0.2) is 15.3 Å². The second kappa shape index (κ2) is 4.24. The van der Waals surface area contributed by atoms with Gasteiger partial charge in [-0.3, -0.25) is 14.2 Å². The van der Waals surface area contributed by atoms with Crippen molar-refractivity contribution < 1.29 is 18.0 Å². The first kappa shape index (κ1) is 14.4. The summed E-state index contributed by atoms with van der Waals surface area (Å²) >= 11 is 8.72. The lowest BCUT2D eigenvalue weighted by Gasteiger charge is -2.28. The molecule has 104 valence electrons. The Bertz CT molecular complexity index is 628. The highest BCUT2D eigenvalue weighted by Crippen LogP contribution is 2.36. The fourth-order valence-electron chi connectivity index (χ4n) is 2.11. The minimum Gasteiger partial charge on any atom is -0.327 e. The van der Waals surface area contributed by atoms with Gasteiger partial charge in [-0.15, -0.1) is 0 Å². The molecule has 9 heteroatoms. The van der Waals surface area contributed by atoms with Gasteiger partial charge in [-0.1, -0.05) is 11.6 Å². The van der Waals surface area contributed by atoms with E-state index in [0.29, 0.717) is 0 Å². The second-order valence-corrected chi connectivity index (χ2v) is 5.61. The monoisotopic (exact) mass is 358 g/mol. The van der Waals surface area contributed by atoms with Gasteiger partial charge in [-0.2, -0.15) is 13.2 Å². The van der Waals surface area contributed by atoms with E-state index in [1.807, 2.05) is 0 Å². The van der Waals surface area contributed by atoms with Crippen LogP contribution in [0.2, 0.25) is 5.02 Å². The van der Waals surface area contributed by atoms with Crippen LogP contribution in [0.1, 0.15) is 23.8 Å². The molecular weight excluding hydrogens is 352 g/mol. The fourth-order valence-corrected chi connectivity index (χ4v) is 2.93. The van der Waals surface area contributed by atoms with E-state index in [-0.39, 0.29) is 15.2 Å². The van der Waals surface area contributed by atoms with Gasteiger partial charge in [0.15, 0.2) is 0 Å². The molecule has 1 N–H and O–H groups in total. The molecule has 1 aliphatic heterocycles. The molecule has 1 amide bonds. The van der Waals surface area contributed by atoms with Crippen molar-refractivity contribution >= 4 is 33.4 Å². The molecule has 0 saturated heterocycles. The van der Waals surface area contributed by atoms with E-state index in [4.69, 9.17) is 11.6 Å². The fraction of sp³-hybridized carbons (Fsp3) is 0.400. The number of fused-ring (bicyclic) bond motifs is 1. The number of hydrogen-bond acceptors (Lipinski definition) is 2. The minimum atomic E-state index is -4.54.